The lowest BCUT2D eigenvalue weighted by Gasteiger charge is -2.43. The lowest BCUT2D eigenvalue weighted by atomic mass is 9.80. The minimum Gasteiger partial charge on any atom is -0.481 e. The van der Waals surface area contributed by atoms with Gasteiger partial charge in [0.05, 0.1) is 0 Å². The number of carbonyl (C=O) groups is 1. The summed E-state index contributed by atoms with van der Waals surface area (Å²) in [6, 6.07) is 3.75. The van der Waals surface area contributed by atoms with Crippen molar-refractivity contribution in [3.8, 4) is 5.75 Å². The quantitative estimate of drug-likeness (QED) is 0.823. The van der Waals surface area contributed by atoms with Gasteiger partial charge in [-0.25, -0.2) is 0 Å². The second kappa shape index (κ2) is 8.41. The fraction of sp³-hybridized carbons (Fsp3) is 0.650. The first-order chi connectivity index (χ1) is 11.7. The molecule has 1 unspecified atom stereocenters. The van der Waals surface area contributed by atoms with Crippen molar-refractivity contribution in [3.05, 3.63) is 28.3 Å². The molecule has 0 saturated heterocycles. The van der Waals surface area contributed by atoms with Crippen molar-refractivity contribution in [1.82, 2.24) is 10.2 Å². The molecule has 1 saturated carbocycles. The predicted octanol–water partition coefficient (Wildman–Crippen LogP) is 4.10. The van der Waals surface area contributed by atoms with Gasteiger partial charge in [-0.15, -0.1) is 0 Å². The van der Waals surface area contributed by atoms with Crippen molar-refractivity contribution in [2.24, 2.45) is 0 Å². The monoisotopic (exact) mass is 366 g/mol. The highest BCUT2D eigenvalue weighted by molar-refractivity contribution is 6.32. The van der Waals surface area contributed by atoms with Gasteiger partial charge in [-0.1, -0.05) is 30.9 Å². The Labute approximate surface area is 156 Å². The zero-order valence-electron chi connectivity index (χ0n) is 16.1. The molecule has 0 aliphatic heterocycles. The number of hydrogen-bond donors (Lipinski definition) is 1. The van der Waals surface area contributed by atoms with E-state index in [-0.39, 0.29) is 11.4 Å². The van der Waals surface area contributed by atoms with E-state index in [2.05, 4.69) is 24.3 Å². The van der Waals surface area contributed by atoms with Crippen molar-refractivity contribution in [1.29, 1.82) is 0 Å². The molecule has 2 rings (SSSR count). The van der Waals surface area contributed by atoms with E-state index < -0.39 is 6.10 Å². The molecular formula is C20H31ClN2O2. The highest BCUT2D eigenvalue weighted by Crippen LogP contribution is 2.31. The van der Waals surface area contributed by atoms with Gasteiger partial charge in [0.1, 0.15) is 5.75 Å². The molecule has 140 valence electrons. The van der Waals surface area contributed by atoms with Crippen LogP contribution in [0.3, 0.4) is 0 Å². The van der Waals surface area contributed by atoms with Gasteiger partial charge in [0.15, 0.2) is 6.10 Å². The Morgan fingerprint density at radius 2 is 1.80 bits per heavy atom. The molecule has 0 spiro atoms. The first-order valence-corrected chi connectivity index (χ1v) is 9.51. The fourth-order valence-corrected chi connectivity index (χ4v) is 3.73. The Hall–Kier alpha value is -1.26. The lowest BCUT2D eigenvalue weighted by Crippen LogP contribution is -2.55. The summed E-state index contributed by atoms with van der Waals surface area (Å²) in [5.74, 6) is 0.610. The highest BCUT2D eigenvalue weighted by Gasteiger charge is 2.34. The molecule has 1 amide bonds. The molecule has 1 aliphatic rings. The normalized spacial score (nSPS) is 18.0. The highest BCUT2D eigenvalue weighted by atomic mass is 35.5. The van der Waals surface area contributed by atoms with Crippen molar-refractivity contribution in [2.45, 2.75) is 64.5 Å². The number of aryl methyl sites for hydroxylation is 2. The van der Waals surface area contributed by atoms with E-state index in [1.807, 2.05) is 26.0 Å². The number of amides is 1. The number of likely N-dealkylation sites (N-methyl/N-ethyl adjacent to an activating group) is 1. The summed E-state index contributed by atoms with van der Waals surface area (Å²) in [7, 11) is 4.22. The van der Waals surface area contributed by atoms with Crippen LogP contribution < -0.4 is 10.1 Å². The van der Waals surface area contributed by atoms with Gasteiger partial charge in [-0.2, -0.15) is 0 Å². The van der Waals surface area contributed by atoms with Crippen LogP contribution in [0.15, 0.2) is 12.1 Å². The summed E-state index contributed by atoms with van der Waals surface area (Å²) < 4.78 is 5.84. The van der Waals surface area contributed by atoms with Crippen LogP contribution in [-0.4, -0.2) is 43.1 Å². The summed E-state index contributed by atoms with van der Waals surface area (Å²) >= 11 is 6.19. The molecular weight excluding hydrogens is 336 g/mol. The zero-order chi connectivity index (χ0) is 18.6. The third-order valence-electron chi connectivity index (χ3n) is 5.42. The van der Waals surface area contributed by atoms with Gasteiger partial charge in [0.2, 0.25) is 0 Å². The van der Waals surface area contributed by atoms with Crippen LogP contribution in [0.2, 0.25) is 5.02 Å². The number of hydrogen-bond acceptors (Lipinski definition) is 3. The molecule has 1 N–H and O–H groups in total. The molecule has 5 heteroatoms. The first-order valence-electron chi connectivity index (χ1n) is 9.14. The molecule has 1 fully saturated rings. The maximum atomic E-state index is 12.5. The number of nitrogens with one attached hydrogen (secondary N) is 1. The Bertz CT molecular complexity index is 587. The minimum atomic E-state index is -0.539. The summed E-state index contributed by atoms with van der Waals surface area (Å²) in [6.07, 6.45) is 5.46. The van der Waals surface area contributed by atoms with Crippen molar-refractivity contribution in [3.63, 3.8) is 0 Å². The number of halogens is 1. The Morgan fingerprint density at radius 3 is 2.32 bits per heavy atom. The molecule has 1 atom stereocenters. The van der Waals surface area contributed by atoms with Crippen molar-refractivity contribution < 1.29 is 9.53 Å². The minimum absolute atomic E-state index is 0.0705. The van der Waals surface area contributed by atoms with Crippen LogP contribution in [0.1, 0.15) is 50.2 Å². The van der Waals surface area contributed by atoms with Gasteiger partial charge >= 0.3 is 0 Å². The van der Waals surface area contributed by atoms with E-state index in [4.69, 9.17) is 16.3 Å². The van der Waals surface area contributed by atoms with E-state index in [0.717, 1.165) is 29.0 Å². The predicted molar refractivity (Wildman–Crippen MR) is 104 cm³/mol. The largest absolute Gasteiger partial charge is 0.481 e. The standard InChI is InChI=1S/C20H31ClN2O2/c1-14-11-17(12-15(2)18(14)21)25-16(3)19(24)22-13-20(23(4)5)9-7-6-8-10-20/h11-12,16H,6-10,13H2,1-5H3,(H,22,24). The average molecular weight is 367 g/mol. The number of carbonyl (C=O) groups excluding carboxylic acids is 1. The van der Waals surface area contributed by atoms with Crippen LogP contribution in [0, 0.1) is 13.8 Å². The fourth-order valence-electron chi connectivity index (χ4n) is 3.62. The number of rotatable bonds is 6. The maximum Gasteiger partial charge on any atom is 0.260 e. The molecule has 0 heterocycles. The third kappa shape index (κ3) is 4.89. The van der Waals surface area contributed by atoms with Gasteiger partial charge in [-0.3, -0.25) is 4.79 Å². The van der Waals surface area contributed by atoms with E-state index in [1.54, 1.807) is 6.92 Å². The summed E-state index contributed by atoms with van der Waals surface area (Å²) in [4.78, 5) is 14.8. The van der Waals surface area contributed by atoms with Crippen LogP contribution in [0.25, 0.3) is 0 Å². The van der Waals surface area contributed by atoms with Gasteiger partial charge in [-0.05, 0) is 71.0 Å². The summed E-state index contributed by atoms with van der Waals surface area (Å²) in [5.41, 5.74) is 1.98. The SMILES string of the molecule is Cc1cc(OC(C)C(=O)NCC2(N(C)C)CCCCC2)cc(C)c1Cl. The van der Waals surface area contributed by atoms with Crippen LogP contribution in [0.4, 0.5) is 0 Å². The van der Waals surface area contributed by atoms with Crippen LogP contribution in [-0.2, 0) is 4.79 Å². The summed E-state index contributed by atoms with van der Waals surface area (Å²) in [6.45, 7) is 6.34. The van der Waals surface area contributed by atoms with E-state index in [9.17, 15) is 4.79 Å². The molecule has 4 nitrogen and oxygen atoms in total. The van der Waals surface area contributed by atoms with E-state index in [0.29, 0.717) is 12.3 Å². The Kier molecular flexibility index (Phi) is 6.75. The molecule has 25 heavy (non-hydrogen) atoms. The third-order valence-corrected chi connectivity index (χ3v) is 6.01. The number of nitrogens with zero attached hydrogens (tertiary/aromatic N) is 1. The van der Waals surface area contributed by atoms with Crippen LogP contribution >= 0.6 is 11.6 Å². The number of benzene rings is 1. The number of ether oxygens (including phenoxy) is 1. The molecule has 1 aliphatic carbocycles. The van der Waals surface area contributed by atoms with Gasteiger partial charge in [0, 0.05) is 17.1 Å². The van der Waals surface area contributed by atoms with Gasteiger partial charge in [0.25, 0.3) is 5.91 Å². The second-order valence-corrected chi connectivity index (χ2v) is 7.91. The summed E-state index contributed by atoms with van der Waals surface area (Å²) in [5, 5.41) is 3.85. The van der Waals surface area contributed by atoms with E-state index >= 15 is 0 Å². The van der Waals surface area contributed by atoms with Gasteiger partial charge < -0.3 is 15.0 Å². The molecule has 0 aromatic heterocycles. The topological polar surface area (TPSA) is 41.6 Å². The van der Waals surface area contributed by atoms with Crippen molar-refractivity contribution in [2.75, 3.05) is 20.6 Å². The average Bonchev–Trinajstić information content (AvgIpc) is 2.58. The van der Waals surface area contributed by atoms with Crippen molar-refractivity contribution >= 4 is 17.5 Å². The molecule has 0 bridgehead atoms. The Balaban J connectivity index is 1.96. The molecule has 1 aromatic carbocycles. The molecule has 0 radical (unpaired) electrons. The Morgan fingerprint density at radius 1 is 1.24 bits per heavy atom. The van der Waals surface area contributed by atoms with E-state index in [1.165, 1.54) is 19.3 Å². The molecule has 1 aromatic rings. The van der Waals surface area contributed by atoms with Crippen LogP contribution in [0.5, 0.6) is 5.75 Å². The second-order valence-electron chi connectivity index (χ2n) is 7.53. The lowest BCUT2D eigenvalue weighted by molar-refractivity contribution is -0.128. The zero-order valence-corrected chi connectivity index (χ0v) is 16.9. The first kappa shape index (κ1) is 20.1. The maximum absolute atomic E-state index is 12.5. The smallest absolute Gasteiger partial charge is 0.260 e.